The van der Waals surface area contributed by atoms with Crippen LogP contribution in [0.3, 0.4) is 0 Å². The van der Waals surface area contributed by atoms with Crippen molar-refractivity contribution in [3.8, 4) is 22.9 Å². The molecule has 5 rings (SSSR count). The van der Waals surface area contributed by atoms with Crippen LogP contribution in [-0.4, -0.2) is 21.7 Å². The summed E-state index contributed by atoms with van der Waals surface area (Å²) in [6.45, 7) is 7.88. The van der Waals surface area contributed by atoms with Gasteiger partial charge in [-0.2, -0.15) is 5.26 Å². The Morgan fingerprint density at radius 2 is 1.84 bits per heavy atom. The third-order valence-corrected chi connectivity index (χ3v) is 7.03. The molecule has 7 heteroatoms. The van der Waals surface area contributed by atoms with Gasteiger partial charge in [0.05, 0.1) is 23.2 Å². The molecule has 0 N–H and O–H groups in total. The molecule has 1 aliphatic carbocycles. The van der Waals surface area contributed by atoms with Crippen molar-refractivity contribution in [2.24, 2.45) is 21.8 Å². The lowest BCUT2D eigenvalue weighted by atomic mass is 9.98. The van der Waals surface area contributed by atoms with Crippen LogP contribution in [0.4, 0.5) is 0 Å². The Hall–Kier alpha value is -4.57. The molecule has 0 aliphatic heterocycles. The van der Waals surface area contributed by atoms with Gasteiger partial charge in [-0.15, -0.1) is 0 Å². The molecule has 7 nitrogen and oxygen atoms in total. The van der Waals surface area contributed by atoms with Crippen molar-refractivity contribution in [2.75, 3.05) is 0 Å². The van der Waals surface area contributed by atoms with Gasteiger partial charge in [0.2, 0.25) is 0 Å². The Morgan fingerprint density at radius 3 is 2.53 bits per heavy atom. The zero-order valence-corrected chi connectivity index (χ0v) is 21.5. The fourth-order valence-electron chi connectivity index (χ4n) is 4.80. The summed E-state index contributed by atoms with van der Waals surface area (Å²) in [7, 11) is 0. The lowest BCUT2D eigenvalue weighted by Gasteiger charge is -2.19. The highest BCUT2D eigenvalue weighted by molar-refractivity contribution is 5.96. The highest BCUT2D eigenvalue weighted by atomic mass is 16.1. The van der Waals surface area contributed by atoms with Gasteiger partial charge in [-0.1, -0.05) is 36.4 Å². The third kappa shape index (κ3) is 4.85. The lowest BCUT2D eigenvalue weighted by Crippen LogP contribution is -2.24. The van der Waals surface area contributed by atoms with Gasteiger partial charge in [0.1, 0.15) is 11.8 Å². The molecular formula is C31H29N5O2. The molecular weight excluding hydrogens is 474 g/mol. The number of nitriles is 1. The minimum atomic E-state index is -0.523. The maximum Gasteiger partial charge on any atom is 0.263 e. The number of rotatable bonds is 7. The van der Waals surface area contributed by atoms with E-state index in [1.54, 1.807) is 28.2 Å². The van der Waals surface area contributed by atoms with Crippen LogP contribution < -0.4 is 11.1 Å². The molecule has 2 heterocycles. The second-order valence-corrected chi connectivity index (χ2v) is 9.84. The molecule has 38 heavy (non-hydrogen) atoms. The van der Waals surface area contributed by atoms with E-state index in [1.165, 1.54) is 0 Å². The topological polar surface area (TPSA) is 92.5 Å². The smallest absolute Gasteiger partial charge is 0.263 e. The molecule has 0 spiro atoms. The maximum atomic E-state index is 14.3. The fourth-order valence-corrected chi connectivity index (χ4v) is 4.80. The standard InChI is InChI=1S/C31H29N5O2/c1-20(17-32)30(33-3)34-21(2)27-16-23-8-7-11-26(24-14-15-28(37)35(19-24)18-22-12-13-22)29(23)31(38)36(27)25-9-5-4-6-10-25/h4-11,14-16,19-22H,3,12-13,18H2,1-2H3. The van der Waals surface area contributed by atoms with Gasteiger partial charge in [-0.25, -0.2) is 4.99 Å². The summed E-state index contributed by atoms with van der Waals surface area (Å²) in [5.74, 6) is 0.359. The Bertz CT molecular complexity index is 1700. The summed E-state index contributed by atoms with van der Waals surface area (Å²) in [5.41, 5.74) is 2.78. The first kappa shape index (κ1) is 25.1. The molecule has 4 aromatic rings. The average molecular weight is 504 g/mol. The zero-order chi connectivity index (χ0) is 26.8. The molecule has 0 radical (unpaired) electrons. The van der Waals surface area contributed by atoms with E-state index < -0.39 is 12.0 Å². The zero-order valence-electron chi connectivity index (χ0n) is 21.5. The first-order valence-electron chi connectivity index (χ1n) is 12.8. The van der Waals surface area contributed by atoms with Gasteiger partial charge in [0, 0.05) is 24.5 Å². The van der Waals surface area contributed by atoms with E-state index in [-0.39, 0.29) is 11.1 Å². The summed E-state index contributed by atoms with van der Waals surface area (Å²) in [4.78, 5) is 35.4. The van der Waals surface area contributed by atoms with Gasteiger partial charge in [-0.05, 0) is 80.1 Å². The number of hydrogen-bond acceptors (Lipinski definition) is 4. The summed E-state index contributed by atoms with van der Waals surface area (Å²) >= 11 is 0. The van der Waals surface area contributed by atoms with Crippen LogP contribution in [-0.2, 0) is 6.54 Å². The van der Waals surface area contributed by atoms with Crippen LogP contribution in [0.2, 0.25) is 0 Å². The second-order valence-electron chi connectivity index (χ2n) is 9.84. The van der Waals surface area contributed by atoms with Crippen LogP contribution in [0.25, 0.3) is 27.6 Å². The van der Waals surface area contributed by atoms with Crippen LogP contribution in [0.5, 0.6) is 0 Å². The fraction of sp³-hybridized carbons (Fsp3) is 0.258. The number of hydrogen-bond donors (Lipinski definition) is 0. The van der Waals surface area contributed by atoms with Gasteiger partial charge in [0.15, 0.2) is 0 Å². The van der Waals surface area contributed by atoms with Gasteiger partial charge in [0.25, 0.3) is 11.1 Å². The molecule has 2 aromatic carbocycles. The molecule has 2 unspecified atom stereocenters. The highest BCUT2D eigenvalue weighted by Gasteiger charge is 2.23. The minimum Gasteiger partial charge on any atom is -0.315 e. The molecule has 0 amide bonds. The van der Waals surface area contributed by atoms with Crippen LogP contribution in [0.1, 0.15) is 38.4 Å². The van der Waals surface area contributed by atoms with Crippen molar-refractivity contribution >= 4 is 23.3 Å². The molecule has 0 saturated heterocycles. The predicted molar refractivity (Wildman–Crippen MR) is 152 cm³/mol. The highest BCUT2D eigenvalue weighted by Crippen LogP contribution is 2.32. The largest absolute Gasteiger partial charge is 0.315 e. The number of nitrogens with zero attached hydrogens (tertiary/aromatic N) is 5. The van der Waals surface area contributed by atoms with Gasteiger partial charge >= 0.3 is 0 Å². The van der Waals surface area contributed by atoms with E-state index in [0.29, 0.717) is 35.1 Å². The molecule has 1 fully saturated rings. The van der Waals surface area contributed by atoms with Crippen molar-refractivity contribution in [3.63, 3.8) is 0 Å². The van der Waals surface area contributed by atoms with Crippen LogP contribution >= 0.6 is 0 Å². The Labute approximate surface area is 221 Å². The third-order valence-electron chi connectivity index (χ3n) is 7.03. The molecule has 1 aliphatic rings. The normalized spacial score (nSPS) is 15.1. The number of benzene rings is 2. The number of aliphatic imine (C=N–C) groups is 2. The van der Waals surface area contributed by atoms with Gasteiger partial charge in [-0.3, -0.25) is 19.1 Å². The first-order valence-corrected chi connectivity index (χ1v) is 12.8. The summed E-state index contributed by atoms with van der Waals surface area (Å²) in [6.07, 6.45) is 4.16. The van der Waals surface area contributed by atoms with Gasteiger partial charge < -0.3 is 4.57 Å². The van der Waals surface area contributed by atoms with E-state index in [9.17, 15) is 14.9 Å². The maximum absolute atomic E-state index is 14.3. The lowest BCUT2D eigenvalue weighted by molar-refractivity contribution is 0.607. The van der Waals surface area contributed by atoms with E-state index in [2.05, 4.69) is 22.8 Å². The van der Waals surface area contributed by atoms with Crippen molar-refractivity contribution < 1.29 is 0 Å². The molecule has 2 atom stereocenters. The monoisotopic (exact) mass is 503 g/mol. The Kier molecular flexibility index (Phi) is 6.89. The summed E-state index contributed by atoms with van der Waals surface area (Å²) in [6, 6.07) is 22.2. The quantitative estimate of drug-likeness (QED) is 0.244. The number of amidine groups is 1. The van der Waals surface area contributed by atoms with Crippen molar-refractivity contribution in [1.82, 2.24) is 9.13 Å². The summed E-state index contributed by atoms with van der Waals surface area (Å²) in [5, 5.41) is 10.7. The minimum absolute atomic E-state index is 0.0326. The number of pyridine rings is 2. The summed E-state index contributed by atoms with van der Waals surface area (Å²) < 4.78 is 3.44. The number of aromatic nitrogens is 2. The van der Waals surface area contributed by atoms with E-state index in [0.717, 1.165) is 29.4 Å². The van der Waals surface area contributed by atoms with Crippen molar-refractivity contribution in [1.29, 1.82) is 5.26 Å². The van der Waals surface area contributed by atoms with Crippen molar-refractivity contribution in [3.05, 3.63) is 99.3 Å². The predicted octanol–water partition coefficient (Wildman–Crippen LogP) is 5.55. The van der Waals surface area contributed by atoms with Crippen LogP contribution in [0.15, 0.2) is 92.5 Å². The van der Waals surface area contributed by atoms with Crippen LogP contribution in [0, 0.1) is 23.2 Å². The number of fused-ring (bicyclic) bond motifs is 1. The SMILES string of the molecule is C=NC(=NC(C)c1cc2cccc(-c3ccc(=O)n(CC4CC4)c3)c2c(=O)n1-c1ccccc1)C(C)C#N. The van der Waals surface area contributed by atoms with E-state index in [4.69, 9.17) is 0 Å². The molecule has 0 bridgehead atoms. The Morgan fingerprint density at radius 1 is 1.08 bits per heavy atom. The average Bonchev–Trinajstić information content (AvgIpc) is 3.76. The first-order chi connectivity index (χ1) is 18.4. The molecule has 1 saturated carbocycles. The number of para-hydroxylation sites is 1. The Balaban J connectivity index is 1.75. The van der Waals surface area contributed by atoms with Crippen molar-refractivity contribution in [2.45, 2.75) is 39.3 Å². The second kappa shape index (κ2) is 10.4. The van der Waals surface area contributed by atoms with E-state index >= 15 is 0 Å². The molecule has 2 aromatic heterocycles. The molecule has 190 valence electrons. The van der Waals surface area contributed by atoms with E-state index in [1.807, 2.05) is 67.7 Å².